The van der Waals surface area contributed by atoms with Crippen LogP contribution in [0.15, 0.2) is 77.7 Å². The number of carboxylic acid groups (broad SMARTS) is 1. The number of nitrogens with one attached hydrogen (secondary N) is 1. The lowest BCUT2D eigenvalue weighted by Crippen LogP contribution is -2.26. The van der Waals surface area contributed by atoms with E-state index in [2.05, 4.69) is 4.72 Å². The standard InChI is InChI=1S/C22H21NO5S/c1-16-7-12-20(15-21(16)22(24)25)29(26,27)23-14-13-17-8-10-19(11-9-17)28-18-5-3-2-4-6-18/h2-12,15,23H,13-14H2,1H3,(H,24,25). The summed E-state index contributed by atoms with van der Waals surface area (Å²) in [5.41, 5.74) is 1.43. The van der Waals surface area contributed by atoms with Gasteiger partial charge in [0.15, 0.2) is 0 Å². The first kappa shape index (κ1) is 20.6. The monoisotopic (exact) mass is 411 g/mol. The number of carboxylic acids is 1. The fourth-order valence-electron chi connectivity index (χ4n) is 2.76. The average Bonchev–Trinajstić information content (AvgIpc) is 2.70. The van der Waals surface area contributed by atoms with Gasteiger partial charge < -0.3 is 9.84 Å². The van der Waals surface area contributed by atoms with Crippen molar-refractivity contribution in [2.75, 3.05) is 6.54 Å². The van der Waals surface area contributed by atoms with Crippen LogP contribution in [-0.4, -0.2) is 26.0 Å². The van der Waals surface area contributed by atoms with Crippen LogP contribution in [0.4, 0.5) is 0 Å². The lowest BCUT2D eigenvalue weighted by molar-refractivity contribution is 0.0696. The molecule has 0 saturated heterocycles. The zero-order valence-corrected chi connectivity index (χ0v) is 16.6. The smallest absolute Gasteiger partial charge is 0.335 e. The topological polar surface area (TPSA) is 92.7 Å². The Hall–Kier alpha value is -3.16. The SMILES string of the molecule is Cc1ccc(S(=O)(=O)NCCc2ccc(Oc3ccccc3)cc2)cc1C(=O)O. The highest BCUT2D eigenvalue weighted by molar-refractivity contribution is 7.89. The molecule has 3 aromatic carbocycles. The van der Waals surface area contributed by atoms with E-state index in [-0.39, 0.29) is 17.0 Å². The van der Waals surface area contributed by atoms with Crippen molar-refractivity contribution in [3.05, 3.63) is 89.5 Å². The van der Waals surface area contributed by atoms with Gasteiger partial charge in [0, 0.05) is 6.54 Å². The van der Waals surface area contributed by atoms with Gasteiger partial charge in [-0.05, 0) is 60.9 Å². The highest BCUT2D eigenvalue weighted by atomic mass is 32.2. The number of aromatic carboxylic acids is 1. The summed E-state index contributed by atoms with van der Waals surface area (Å²) in [5, 5.41) is 9.17. The maximum absolute atomic E-state index is 12.4. The van der Waals surface area contributed by atoms with Crippen LogP contribution in [0.3, 0.4) is 0 Å². The predicted molar refractivity (Wildman–Crippen MR) is 110 cm³/mol. The molecule has 0 aliphatic carbocycles. The minimum Gasteiger partial charge on any atom is -0.478 e. The number of carbonyl (C=O) groups is 1. The fraction of sp³-hybridized carbons (Fsp3) is 0.136. The van der Waals surface area contributed by atoms with Crippen molar-refractivity contribution < 1.29 is 23.1 Å². The van der Waals surface area contributed by atoms with Gasteiger partial charge in [-0.2, -0.15) is 0 Å². The second-order valence-electron chi connectivity index (χ2n) is 6.49. The second kappa shape index (κ2) is 8.89. The molecule has 0 heterocycles. The number of hydrogen-bond acceptors (Lipinski definition) is 4. The highest BCUT2D eigenvalue weighted by Crippen LogP contribution is 2.21. The van der Waals surface area contributed by atoms with Crippen molar-refractivity contribution in [3.63, 3.8) is 0 Å². The van der Waals surface area contributed by atoms with E-state index < -0.39 is 16.0 Å². The Morgan fingerprint density at radius 2 is 1.62 bits per heavy atom. The first-order valence-electron chi connectivity index (χ1n) is 9.00. The molecule has 0 atom stereocenters. The van der Waals surface area contributed by atoms with Crippen molar-refractivity contribution in [2.24, 2.45) is 0 Å². The summed E-state index contributed by atoms with van der Waals surface area (Å²) in [6.07, 6.45) is 0.489. The molecule has 2 N–H and O–H groups in total. The molecule has 0 spiro atoms. The summed E-state index contributed by atoms with van der Waals surface area (Å²) in [4.78, 5) is 11.2. The van der Waals surface area contributed by atoms with Crippen molar-refractivity contribution >= 4 is 16.0 Å². The molecule has 7 heteroatoms. The van der Waals surface area contributed by atoms with E-state index in [0.29, 0.717) is 17.7 Å². The number of para-hydroxylation sites is 1. The molecule has 0 aliphatic rings. The highest BCUT2D eigenvalue weighted by Gasteiger charge is 2.17. The second-order valence-corrected chi connectivity index (χ2v) is 8.26. The van der Waals surface area contributed by atoms with E-state index in [1.807, 2.05) is 54.6 Å². The molecule has 0 saturated carbocycles. The van der Waals surface area contributed by atoms with Gasteiger partial charge >= 0.3 is 5.97 Å². The molecular formula is C22H21NO5S. The summed E-state index contributed by atoms with van der Waals surface area (Å²) in [7, 11) is -3.79. The third kappa shape index (κ3) is 5.43. The van der Waals surface area contributed by atoms with Crippen molar-refractivity contribution in [1.29, 1.82) is 0 Å². The molecule has 0 radical (unpaired) electrons. The third-order valence-electron chi connectivity index (χ3n) is 4.36. The zero-order chi connectivity index (χ0) is 20.9. The zero-order valence-electron chi connectivity index (χ0n) is 15.8. The van der Waals surface area contributed by atoms with Gasteiger partial charge in [0.25, 0.3) is 0 Å². The Balaban J connectivity index is 1.59. The van der Waals surface area contributed by atoms with Crippen molar-refractivity contribution in [3.8, 4) is 11.5 Å². The molecule has 3 rings (SSSR count). The molecule has 6 nitrogen and oxygen atoms in total. The molecule has 0 amide bonds. The molecular weight excluding hydrogens is 390 g/mol. The van der Waals surface area contributed by atoms with Crippen LogP contribution in [0.5, 0.6) is 11.5 Å². The first-order valence-corrected chi connectivity index (χ1v) is 10.5. The van der Waals surface area contributed by atoms with Gasteiger partial charge in [-0.3, -0.25) is 0 Å². The van der Waals surface area contributed by atoms with E-state index in [1.165, 1.54) is 18.2 Å². The van der Waals surface area contributed by atoms with Crippen molar-refractivity contribution in [2.45, 2.75) is 18.2 Å². The molecule has 3 aromatic rings. The number of aryl methyl sites for hydroxylation is 1. The Morgan fingerprint density at radius 3 is 2.28 bits per heavy atom. The van der Waals surface area contributed by atoms with Gasteiger partial charge in [-0.1, -0.05) is 36.4 Å². The van der Waals surface area contributed by atoms with Crippen LogP contribution in [-0.2, 0) is 16.4 Å². The minimum absolute atomic E-state index is 0.0260. The van der Waals surface area contributed by atoms with Gasteiger partial charge in [-0.25, -0.2) is 17.9 Å². The molecule has 0 bridgehead atoms. The largest absolute Gasteiger partial charge is 0.478 e. The number of hydrogen-bond donors (Lipinski definition) is 2. The Morgan fingerprint density at radius 1 is 0.966 bits per heavy atom. The maximum Gasteiger partial charge on any atom is 0.335 e. The summed E-state index contributed by atoms with van der Waals surface area (Å²) in [6, 6.07) is 20.9. The van der Waals surface area contributed by atoms with E-state index >= 15 is 0 Å². The molecule has 0 aromatic heterocycles. The van der Waals surface area contributed by atoms with Crippen molar-refractivity contribution in [1.82, 2.24) is 4.72 Å². The van der Waals surface area contributed by atoms with Gasteiger partial charge in [0.2, 0.25) is 10.0 Å². The minimum atomic E-state index is -3.79. The molecule has 29 heavy (non-hydrogen) atoms. The van der Waals surface area contributed by atoms with Crippen LogP contribution in [0, 0.1) is 6.92 Å². The first-order chi connectivity index (χ1) is 13.8. The maximum atomic E-state index is 12.4. The average molecular weight is 411 g/mol. The number of rotatable bonds is 8. The number of ether oxygens (including phenoxy) is 1. The van der Waals surface area contributed by atoms with Gasteiger partial charge in [-0.15, -0.1) is 0 Å². The molecule has 150 valence electrons. The van der Waals surface area contributed by atoms with Crippen LogP contribution >= 0.6 is 0 Å². The van der Waals surface area contributed by atoms with Crippen LogP contribution in [0.1, 0.15) is 21.5 Å². The van der Waals surface area contributed by atoms with Gasteiger partial charge in [0.1, 0.15) is 11.5 Å². The normalized spacial score (nSPS) is 11.2. The predicted octanol–water partition coefficient (Wildman–Crippen LogP) is 4.01. The summed E-state index contributed by atoms with van der Waals surface area (Å²) in [5.74, 6) is 0.283. The van der Waals surface area contributed by atoms with E-state index in [9.17, 15) is 18.3 Å². The van der Waals surface area contributed by atoms with E-state index in [4.69, 9.17) is 4.74 Å². The molecule has 0 unspecified atom stereocenters. The van der Waals surface area contributed by atoms with Crippen LogP contribution in [0.25, 0.3) is 0 Å². The Bertz CT molecular complexity index is 1090. The fourth-order valence-corrected chi connectivity index (χ4v) is 3.82. The summed E-state index contributed by atoms with van der Waals surface area (Å²) < 4.78 is 33.1. The molecule has 0 fully saturated rings. The summed E-state index contributed by atoms with van der Waals surface area (Å²) >= 11 is 0. The quantitative estimate of drug-likeness (QED) is 0.584. The summed E-state index contributed by atoms with van der Waals surface area (Å²) in [6.45, 7) is 1.82. The van der Waals surface area contributed by atoms with E-state index in [1.54, 1.807) is 6.92 Å². The Labute approximate surface area is 169 Å². The Kier molecular flexibility index (Phi) is 6.31. The third-order valence-corrected chi connectivity index (χ3v) is 5.82. The number of sulfonamides is 1. The van der Waals surface area contributed by atoms with E-state index in [0.717, 1.165) is 11.3 Å². The number of benzene rings is 3. The lowest BCUT2D eigenvalue weighted by Gasteiger charge is -2.10. The lowest BCUT2D eigenvalue weighted by atomic mass is 10.1. The van der Waals surface area contributed by atoms with Crippen LogP contribution < -0.4 is 9.46 Å². The van der Waals surface area contributed by atoms with Crippen LogP contribution in [0.2, 0.25) is 0 Å². The van der Waals surface area contributed by atoms with Gasteiger partial charge in [0.05, 0.1) is 10.5 Å². The molecule has 0 aliphatic heterocycles.